The van der Waals surface area contributed by atoms with E-state index in [0.29, 0.717) is 0 Å². The summed E-state index contributed by atoms with van der Waals surface area (Å²) in [5, 5.41) is 1.96. The summed E-state index contributed by atoms with van der Waals surface area (Å²) in [5.74, 6) is -2.01. The number of nitrogens with one attached hydrogen (secondary N) is 1. The van der Waals surface area contributed by atoms with Crippen molar-refractivity contribution in [2.45, 2.75) is 12.7 Å². The monoisotopic (exact) mass is 502 g/mol. The third-order valence-corrected chi connectivity index (χ3v) is 6.09. The summed E-state index contributed by atoms with van der Waals surface area (Å²) in [5.41, 5.74) is -0.618. The zero-order valence-corrected chi connectivity index (χ0v) is 18.1. The summed E-state index contributed by atoms with van der Waals surface area (Å²) >= 11 is 11.6. The highest BCUT2D eigenvalue weighted by Gasteiger charge is 2.34. The molecule has 2 aromatic carbocycles. The third-order valence-electron chi connectivity index (χ3n) is 4.59. The third kappa shape index (κ3) is 4.45. The number of hydrogen-bond acceptors (Lipinski definition) is 5. The van der Waals surface area contributed by atoms with E-state index in [9.17, 15) is 27.2 Å². The molecule has 32 heavy (non-hydrogen) atoms. The minimum absolute atomic E-state index is 0.0302. The standard InChI is InChI=1S/C20H11ClF4N2O3S2/c21-12-2-1-9(3-11(12)20(23,24)25)7-27-14-5-10(6-15-18(29)26-19(31)32-15)4-13(22)17(14)30-8-16(27)28/h1-6H,7-8H2,(H,26,29,31). The predicted octanol–water partition coefficient (Wildman–Crippen LogP) is 4.91. The molecule has 0 unspecified atom stereocenters. The number of anilines is 1. The molecule has 0 aliphatic carbocycles. The molecule has 0 spiro atoms. The van der Waals surface area contributed by atoms with Crippen LogP contribution in [0.1, 0.15) is 16.7 Å². The van der Waals surface area contributed by atoms with Gasteiger partial charge >= 0.3 is 6.18 Å². The number of alkyl halides is 3. The fourth-order valence-electron chi connectivity index (χ4n) is 3.19. The number of carbonyl (C=O) groups excluding carboxylic acids is 2. The van der Waals surface area contributed by atoms with Gasteiger partial charge in [0.05, 0.1) is 27.7 Å². The van der Waals surface area contributed by atoms with Gasteiger partial charge in [-0.2, -0.15) is 13.2 Å². The van der Waals surface area contributed by atoms with E-state index in [2.05, 4.69) is 5.32 Å². The number of hydrogen-bond donors (Lipinski definition) is 1. The van der Waals surface area contributed by atoms with Crippen molar-refractivity contribution in [3.63, 3.8) is 0 Å². The van der Waals surface area contributed by atoms with Crippen LogP contribution in [0.25, 0.3) is 6.08 Å². The van der Waals surface area contributed by atoms with Crippen molar-refractivity contribution >= 4 is 63.5 Å². The van der Waals surface area contributed by atoms with Crippen molar-refractivity contribution in [1.29, 1.82) is 0 Å². The van der Waals surface area contributed by atoms with Crippen LogP contribution in [0.5, 0.6) is 5.75 Å². The van der Waals surface area contributed by atoms with Crippen molar-refractivity contribution in [3.8, 4) is 5.75 Å². The Kier molecular flexibility index (Phi) is 5.91. The van der Waals surface area contributed by atoms with Crippen molar-refractivity contribution < 1.29 is 31.9 Å². The Morgan fingerprint density at radius 2 is 2.00 bits per heavy atom. The Labute approximate surface area is 193 Å². The van der Waals surface area contributed by atoms with Gasteiger partial charge in [0.15, 0.2) is 18.2 Å². The lowest BCUT2D eigenvalue weighted by molar-refractivity contribution is -0.137. The number of benzene rings is 2. The van der Waals surface area contributed by atoms with Gasteiger partial charge in [0.2, 0.25) is 0 Å². The van der Waals surface area contributed by atoms with Crippen LogP contribution in [-0.2, 0) is 22.3 Å². The zero-order chi connectivity index (χ0) is 23.2. The summed E-state index contributed by atoms with van der Waals surface area (Å²) in [6.07, 6.45) is -3.28. The number of fused-ring (bicyclic) bond motifs is 1. The van der Waals surface area contributed by atoms with E-state index in [4.69, 9.17) is 28.6 Å². The first-order valence-electron chi connectivity index (χ1n) is 8.90. The number of thioether (sulfide) groups is 1. The minimum Gasteiger partial charge on any atom is -0.478 e. The Balaban J connectivity index is 1.73. The maximum atomic E-state index is 14.7. The van der Waals surface area contributed by atoms with Crippen LogP contribution in [-0.4, -0.2) is 22.7 Å². The summed E-state index contributed by atoms with van der Waals surface area (Å²) in [7, 11) is 0. The van der Waals surface area contributed by atoms with E-state index in [1.165, 1.54) is 18.2 Å². The first-order valence-corrected chi connectivity index (χ1v) is 10.5. The van der Waals surface area contributed by atoms with Gasteiger partial charge in [-0.1, -0.05) is 41.6 Å². The maximum Gasteiger partial charge on any atom is 0.417 e. The maximum absolute atomic E-state index is 14.7. The molecule has 12 heteroatoms. The van der Waals surface area contributed by atoms with Crippen LogP contribution in [0.3, 0.4) is 0 Å². The van der Waals surface area contributed by atoms with Gasteiger partial charge in [-0.3, -0.25) is 9.59 Å². The Morgan fingerprint density at radius 3 is 2.66 bits per heavy atom. The summed E-state index contributed by atoms with van der Waals surface area (Å²) in [4.78, 5) is 25.7. The van der Waals surface area contributed by atoms with Crippen LogP contribution >= 0.6 is 35.6 Å². The first kappa shape index (κ1) is 22.6. The highest BCUT2D eigenvalue weighted by Crippen LogP contribution is 2.39. The van der Waals surface area contributed by atoms with Crippen LogP contribution in [0.2, 0.25) is 5.02 Å². The molecule has 1 saturated heterocycles. The van der Waals surface area contributed by atoms with Gasteiger partial charge < -0.3 is 15.0 Å². The quantitative estimate of drug-likeness (QED) is 0.367. The van der Waals surface area contributed by atoms with E-state index < -0.39 is 41.0 Å². The van der Waals surface area contributed by atoms with Gasteiger partial charge in [-0.15, -0.1) is 0 Å². The van der Waals surface area contributed by atoms with Gasteiger partial charge in [0.25, 0.3) is 11.8 Å². The molecule has 1 fully saturated rings. The lowest BCUT2D eigenvalue weighted by Gasteiger charge is -2.30. The Bertz CT molecular complexity index is 1200. The van der Waals surface area contributed by atoms with Crippen molar-refractivity contribution in [2.24, 2.45) is 0 Å². The van der Waals surface area contributed by atoms with E-state index >= 15 is 0 Å². The molecule has 2 amide bonds. The molecule has 0 saturated carbocycles. The number of thiocarbonyl (C=S) groups is 1. The molecule has 2 heterocycles. The van der Waals surface area contributed by atoms with E-state index in [1.54, 1.807) is 0 Å². The number of rotatable bonds is 3. The second kappa shape index (κ2) is 8.38. The summed E-state index contributed by atoms with van der Waals surface area (Å²) < 4.78 is 59.7. The average molecular weight is 503 g/mol. The summed E-state index contributed by atoms with van der Waals surface area (Å²) in [6, 6.07) is 5.82. The minimum atomic E-state index is -4.68. The number of ether oxygens (including phenoxy) is 1. The lowest BCUT2D eigenvalue weighted by atomic mass is 10.1. The summed E-state index contributed by atoms with van der Waals surface area (Å²) in [6.45, 7) is -0.745. The molecular weight excluding hydrogens is 492 g/mol. The second-order valence-corrected chi connectivity index (χ2v) is 8.91. The molecular formula is C20H11ClF4N2O3S2. The fraction of sp³-hybridized carbons (Fsp3) is 0.150. The van der Waals surface area contributed by atoms with E-state index in [-0.39, 0.29) is 38.3 Å². The molecule has 166 valence electrons. The SMILES string of the molecule is O=C1NC(=S)SC1=Cc1cc(F)c2c(c1)N(Cc1ccc(Cl)c(C(F)(F)F)c1)C(=O)CO2. The normalized spacial score (nSPS) is 17.5. The van der Waals surface area contributed by atoms with Crippen molar-refractivity contribution in [2.75, 3.05) is 11.5 Å². The second-order valence-electron chi connectivity index (χ2n) is 6.78. The molecule has 0 bridgehead atoms. The van der Waals surface area contributed by atoms with Crippen LogP contribution in [0.15, 0.2) is 35.2 Å². The Morgan fingerprint density at radius 1 is 1.25 bits per heavy atom. The van der Waals surface area contributed by atoms with Crippen LogP contribution < -0.4 is 15.0 Å². The molecule has 0 aromatic heterocycles. The van der Waals surface area contributed by atoms with Gasteiger partial charge in [-0.05, 0) is 41.5 Å². The predicted molar refractivity (Wildman–Crippen MR) is 116 cm³/mol. The number of amides is 2. The van der Waals surface area contributed by atoms with Gasteiger partial charge in [0.1, 0.15) is 4.32 Å². The number of nitrogens with zero attached hydrogens (tertiary/aromatic N) is 1. The zero-order valence-electron chi connectivity index (χ0n) is 15.8. The molecule has 2 aliphatic rings. The topological polar surface area (TPSA) is 58.6 Å². The van der Waals surface area contributed by atoms with Gasteiger partial charge in [-0.25, -0.2) is 4.39 Å². The first-order chi connectivity index (χ1) is 15.0. The number of carbonyl (C=O) groups is 2. The van der Waals surface area contributed by atoms with Crippen molar-refractivity contribution in [1.82, 2.24) is 5.32 Å². The lowest BCUT2D eigenvalue weighted by Crippen LogP contribution is -2.38. The fourth-order valence-corrected chi connectivity index (χ4v) is 4.46. The number of halogens is 5. The molecule has 4 rings (SSSR count). The average Bonchev–Trinajstić information content (AvgIpc) is 3.01. The largest absolute Gasteiger partial charge is 0.478 e. The van der Waals surface area contributed by atoms with E-state index in [1.807, 2.05) is 0 Å². The molecule has 2 aromatic rings. The molecule has 5 nitrogen and oxygen atoms in total. The Hall–Kier alpha value is -2.63. The molecule has 1 N–H and O–H groups in total. The van der Waals surface area contributed by atoms with E-state index in [0.717, 1.165) is 34.9 Å². The smallest absolute Gasteiger partial charge is 0.417 e. The molecule has 0 atom stereocenters. The van der Waals surface area contributed by atoms with Crippen molar-refractivity contribution in [3.05, 3.63) is 62.8 Å². The molecule has 2 aliphatic heterocycles. The molecule has 0 radical (unpaired) electrons. The highest BCUT2D eigenvalue weighted by atomic mass is 35.5. The highest BCUT2D eigenvalue weighted by molar-refractivity contribution is 8.26. The van der Waals surface area contributed by atoms with Crippen LogP contribution in [0, 0.1) is 5.82 Å². The van der Waals surface area contributed by atoms with Gasteiger partial charge in [0, 0.05) is 0 Å². The van der Waals surface area contributed by atoms with Crippen LogP contribution in [0.4, 0.5) is 23.2 Å².